The van der Waals surface area contributed by atoms with Gasteiger partial charge in [-0.15, -0.1) is 11.8 Å². The molecule has 1 aliphatic heterocycles. The van der Waals surface area contributed by atoms with Crippen molar-refractivity contribution in [2.75, 3.05) is 11.2 Å². The molecule has 0 aliphatic carbocycles. The molecule has 0 spiro atoms. The van der Waals surface area contributed by atoms with Crippen molar-refractivity contribution in [3.63, 3.8) is 0 Å². The first kappa shape index (κ1) is 24.5. The lowest BCUT2D eigenvalue weighted by Gasteiger charge is -2.24. The summed E-state index contributed by atoms with van der Waals surface area (Å²) >= 11 is 9.47. The molecule has 180 valence electrons. The monoisotopic (exact) mass is 530 g/mol. The van der Waals surface area contributed by atoms with Gasteiger partial charge in [-0.3, -0.25) is 9.59 Å². The topological polar surface area (TPSA) is 49.4 Å². The van der Waals surface area contributed by atoms with Gasteiger partial charge in [-0.25, -0.2) is 0 Å². The molecule has 0 fully saturated rings. The van der Waals surface area contributed by atoms with Gasteiger partial charge in [0.15, 0.2) is 0 Å². The molecule has 36 heavy (non-hydrogen) atoms. The predicted octanol–water partition coefficient (Wildman–Crippen LogP) is 7.30. The van der Waals surface area contributed by atoms with Crippen LogP contribution in [0.3, 0.4) is 0 Å². The van der Waals surface area contributed by atoms with Crippen molar-refractivity contribution < 1.29 is 9.59 Å². The van der Waals surface area contributed by atoms with Crippen LogP contribution in [0.5, 0.6) is 0 Å². The van der Waals surface area contributed by atoms with Gasteiger partial charge >= 0.3 is 0 Å². The maximum absolute atomic E-state index is 13.7. The molecule has 0 bridgehead atoms. The van der Waals surface area contributed by atoms with E-state index in [1.165, 1.54) is 4.90 Å². The SMILES string of the molecule is CSc1ccc(CN2C(=O)c3ccccc3Sc3ccc(C(=O)NCc4ccccc4Cl)cc32)cc1. The Bertz CT molecular complexity index is 1440. The molecule has 1 aliphatic rings. The summed E-state index contributed by atoms with van der Waals surface area (Å²) in [7, 11) is 0. The number of nitrogens with zero attached hydrogens (tertiary/aromatic N) is 1. The van der Waals surface area contributed by atoms with Gasteiger partial charge in [0.2, 0.25) is 0 Å². The van der Waals surface area contributed by atoms with Crippen LogP contribution in [0.2, 0.25) is 5.02 Å². The van der Waals surface area contributed by atoms with E-state index in [2.05, 4.69) is 17.4 Å². The molecule has 5 rings (SSSR count). The minimum Gasteiger partial charge on any atom is -0.348 e. The normalized spacial score (nSPS) is 12.5. The number of nitrogens with one attached hydrogen (secondary N) is 1. The van der Waals surface area contributed by atoms with Gasteiger partial charge in [-0.1, -0.05) is 65.8 Å². The highest BCUT2D eigenvalue weighted by molar-refractivity contribution is 7.99. The van der Waals surface area contributed by atoms with E-state index in [1.54, 1.807) is 40.6 Å². The second-order valence-electron chi connectivity index (χ2n) is 8.29. The maximum Gasteiger partial charge on any atom is 0.259 e. The van der Waals surface area contributed by atoms with E-state index in [1.807, 2.05) is 73.0 Å². The van der Waals surface area contributed by atoms with Gasteiger partial charge in [0.05, 0.1) is 17.8 Å². The van der Waals surface area contributed by atoms with Gasteiger partial charge < -0.3 is 10.2 Å². The summed E-state index contributed by atoms with van der Waals surface area (Å²) < 4.78 is 0. The van der Waals surface area contributed by atoms with Crippen LogP contribution in [0, 0.1) is 0 Å². The van der Waals surface area contributed by atoms with E-state index in [-0.39, 0.29) is 11.8 Å². The second-order valence-corrected chi connectivity index (χ2v) is 10.7. The van der Waals surface area contributed by atoms with Crippen LogP contribution in [-0.2, 0) is 13.1 Å². The number of fused-ring (bicyclic) bond motifs is 2. The Morgan fingerprint density at radius 1 is 0.944 bits per heavy atom. The molecule has 0 unspecified atom stereocenters. The van der Waals surface area contributed by atoms with Gasteiger partial charge in [-0.2, -0.15) is 0 Å². The van der Waals surface area contributed by atoms with Crippen LogP contribution in [0.25, 0.3) is 0 Å². The molecular weight excluding hydrogens is 508 g/mol. The molecule has 0 atom stereocenters. The first-order valence-electron chi connectivity index (χ1n) is 11.4. The molecule has 4 nitrogen and oxygen atoms in total. The number of anilines is 1. The number of benzene rings is 4. The zero-order valence-corrected chi connectivity index (χ0v) is 21.9. The summed E-state index contributed by atoms with van der Waals surface area (Å²) in [6, 6.07) is 28.8. The molecule has 1 heterocycles. The highest BCUT2D eigenvalue weighted by Crippen LogP contribution is 2.42. The first-order valence-corrected chi connectivity index (χ1v) is 13.8. The largest absolute Gasteiger partial charge is 0.348 e. The fourth-order valence-electron chi connectivity index (χ4n) is 4.05. The van der Waals surface area contributed by atoms with E-state index >= 15 is 0 Å². The second kappa shape index (κ2) is 10.8. The number of halogens is 1. The quantitative estimate of drug-likeness (QED) is 0.266. The number of thioether (sulfide) groups is 1. The Balaban J connectivity index is 1.48. The number of amides is 2. The van der Waals surface area contributed by atoms with E-state index in [4.69, 9.17) is 11.6 Å². The molecule has 4 aromatic carbocycles. The van der Waals surface area contributed by atoms with E-state index in [0.717, 1.165) is 26.6 Å². The van der Waals surface area contributed by atoms with Crippen LogP contribution in [-0.4, -0.2) is 18.1 Å². The van der Waals surface area contributed by atoms with Gasteiger partial charge in [0.1, 0.15) is 0 Å². The molecule has 1 N–H and O–H groups in total. The summed E-state index contributed by atoms with van der Waals surface area (Å²) in [5.74, 6) is -0.305. The minimum absolute atomic E-state index is 0.0839. The molecule has 4 aromatic rings. The third-order valence-corrected chi connectivity index (χ3v) is 8.24. The summed E-state index contributed by atoms with van der Waals surface area (Å²) in [6.07, 6.45) is 2.04. The lowest BCUT2D eigenvalue weighted by Crippen LogP contribution is -2.31. The minimum atomic E-state index is -0.221. The highest BCUT2D eigenvalue weighted by atomic mass is 35.5. The Hall–Kier alpha value is -3.19. The average Bonchev–Trinajstić information content (AvgIpc) is 3.02. The maximum atomic E-state index is 13.7. The summed E-state index contributed by atoms with van der Waals surface area (Å²) in [5, 5.41) is 3.56. The smallest absolute Gasteiger partial charge is 0.259 e. The zero-order valence-electron chi connectivity index (χ0n) is 19.5. The Kier molecular flexibility index (Phi) is 7.37. The van der Waals surface area contributed by atoms with Gasteiger partial charge in [0, 0.05) is 31.8 Å². The van der Waals surface area contributed by atoms with Crippen molar-refractivity contribution in [1.29, 1.82) is 0 Å². The van der Waals surface area contributed by atoms with Crippen LogP contribution in [0.4, 0.5) is 5.69 Å². The van der Waals surface area contributed by atoms with Gasteiger partial charge in [0.25, 0.3) is 11.8 Å². The number of rotatable bonds is 6. The number of carbonyl (C=O) groups is 2. The predicted molar refractivity (Wildman–Crippen MR) is 148 cm³/mol. The van der Waals surface area contributed by atoms with Crippen molar-refractivity contribution in [3.05, 3.63) is 118 Å². The van der Waals surface area contributed by atoms with Crippen molar-refractivity contribution in [1.82, 2.24) is 5.32 Å². The zero-order chi connectivity index (χ0) is 25.1. The molecule has 7 heteroatoms. The van der Waals surface area contributed by atoms with Crippen LogP contribution >= 0.6 is 35.1 Å². The summed E-state index contributed by atoms with van der Waals surface area (Å²) in [4.78, 5) is 31.6. The van der Waals surface area contributed by atoms with E-state index in [0.29, 0.717) is 29.2 Å². The lowest BCUT2D eigenvalue weighted by molar-refractivity contribution is 0.0947. The molecular formula is C29H23ClN2O2S2. The van der Waals surface area contributed by atoms with E-state index < -0.39 is 0 Å². The first-order chi connectivity index (χ1) is 17.5. The standard InChI is InChI=1S/C29H23ClN2O2S2/c1-35-22-13-10-19(11-14-22)18-32-25-16-20(28(33)31-17-21-6-2-4-8-24(21)30)12-15-27(25)36-26-9-5-3-7-23(26)29(32)34/h2-16H,17-18H2,1H3,(H,31,33). The van der Waals surface area contributed by atoms with Crippen LogP contribution < -0.4 is 10.2 Å². The molecule has 0 saturated carbocycles. The summed E-state index contributed by atoms with van der Waals surface area (Å²) in [5.41, 5.74) is 3.73. The van der Waals surface area contributed by atoms with Crippen molar-refractivity contribution >= 4 is 52.6 Å². The van der Waals surface area contributed by atoms with Crippen LogP contribution in [0.15, 0.2) is 106 Å². The van der Waals surface area contributed by atoms with E-state index in [9.17, 15) is 9.59 Å². The Morgan fingerprint density at radius 3 is 2.47 bits per heavy atom. The highest BCUT2D eigenvalue weighted by Gasteiger charge is 2.28. The Labute approximate surface area is 224 Å². The average molecular weight is 531 g/mol. The summed E-state index contributed by atoms with van der Waals surface area (Å²) in [6.45, 7) is 0.723. The molecule has 0 aromatic heterocycles. The van der Waals surface area contributed by atoms with Crippen molar-refractivity contribution in [2.24, 2.45) is 0 Å². The van der Waals surface area contributed by atoms with Crippen molar-refractivity contribution in [3.8, 4) is 0 Å². The molecule has 0 saturated heterocycles. The fourth-order valence-corrected chi connectivity index (χ4v) is 5.72. The Morgan fingerprint density at radius 2 is 1.69 bits per heavy atom. The molecule has 0 radical (unpaired) electrons. The number of hydrogen-bond donors (Lipinski definition) is 1. The number of hydrogen-bond acceptors (Lipinski definition) is 4. The molecule has 2 amide bonds. The van der Waals surface area contributed by atoms with Gasteiger partial charge in [-0.05, 0) is 65.9 Å². The third-order valence-electron chi connectivity index (χ3n) is 5.99. The van der Waals surface area contributed by atoms with Crippen LogP contribution in [0.1, 0.15) is 31.8 Å². The van der Waals surface area contributed by atoms with Crippen molar-refractivity contribution in [2.45, 2.75) is 27.8 Å². The fraction of sp³-hybridized carbons (Fsp3) is 0.103. The third kappa shape index (κ3) is 5.16. The number of carbonyl (C=O) groups excluding carboxylic acids is 2. The lowest BCUT2D eigenvalue weighted by atomic mass is 10.1.